The highest BCUT2D eigenvalue weighted by Gasteiger charge is 2.33. The van der Waals surface area contributed by atoms with Gasteiger partial charge in [-0.25, -0.2) is 4.39 Å². The van der Waals surface area contributed by atoms with Crippen molar-refractivity contribution in [1.29, 1.82) is 5.26 Å². The molecule has 1 saturated carbocycles. The predicted octanol–water partition coefficient (Wildman–Crippen LogP) is 3.57. The molecule has 0 bridgehead atoms. The lowest BCUT2D eigenvalue weighted by Crippen LogP contribution is -2.27. The van der Waals surface area contributed by atoms with E-state index in [0.717, 1.165) is 18.6 Å². The molecule has 1 aromatic rings. The summed E-state index contributed by atoms with van der Waals surface area (Å²) >= 11 is 4.39. The third-order valence-corrected chi connectivity index (χ3v) is 4.27. The van der Waals surface area contributed by atoms with E-state index in [1.807, 2.05) is 6.07 Å². The van der Waals surface area contributed by atoms with Crippen LogP contribution in [0.4, 0.5) is 4.39 Å². The summed E-state index contributed by atoms with van der Waals surface area (Å²) in [5.41, 5.74) is 0.397. The molecule has 1 aliphatic rings. The molecule has 0 saturated heterocycles. The van der Waals surface area contributed by atoms with Crippen LogP contribution in [0.2, 0.25) is 0 Å². The Morgan fingerprint density at radius 3 is 2.67 bits per heavy atom. The van der Waals surface area contributed by atoms with Crippen LogP contribution < -0.4 is 4.74 Å². The molecule has 0 heterocycles. The van der Waals surface area contributed by atoms with E-state index < -0.39 is 5.82 Å². The fraction of sp³-hybridized carbons (Fsp3) is 0.500. The van der Waals surface area contributed by atoms with Crippen LogP contribution in [0.25, 0.3) is 0 Å². The van der Waals surface area contributed by atoms with Crippen LogP contribution in [-0.4, -0.2) is 12.4 Å². The van der Waals surface area contributed by atoms with Gasteiger partial charge in [-0.3, -0.25) is 0 Å². The Morgan fingerprint density at radius 1 is 1.39 bits per heavy atom. The molecule has 1 aromatic carbocycles. The summed E-state index contributed by atoms with van der Waals surface area (Å²) in [6.45, 7) is 0.499. The number of ether oxygens (including phenoxy) is 1. The molecule has 4 heteroatoms. The zero-order valence-corrected chi connectivity index (χ0v) is 11.0. The molecule has 0 amide bonds. The first-order valence-electron chi connectivity index (χ1n) is 6.12. The number of nitriles is 1. The standard InChI is InChI=1S/C14H16FNOS/c15-12-7-11(8-16)3-4-13(12)17-9-14(10-18)5-1-2-6-14/h3-4,7,18H,1-2,5-6,9-10H2. The van der Waals surface area contributed by atoms with E-state index in [1.165, 1.54) is 25.0 Å². The van der Waals surface area contributed by atoms with E-state index in [0.29, 0.717) is 12.2 Å². The van der Waals surface area contributed by atoms with E-state index in [4.69, 9.17) is 10.00 Å². The highest BCUT2D eigenvalue weighted by atomic mass is 32.1. The molecule has 2 nitrogen and oxygen atoms in total. The Labute approximate surface area is 112 Å². The summed E-state index contributed by atoms with van der Waals surface area (Å²) in [4.78, 5) is 0. The lowest BCUT2D eigenvalue weighted by Gasteiger charge is -2.26. The van der Waals surface area contributed by atoms with Gasteiger partial charge in [0.2, 0.25) is 0 Å². The summed E-state index contributed by atoms with van der Waals surface area (Å²) in [5.74, 6) is 0.522. The molecule has 1 aliphatic carbocycles. The lowest BCUT2D eigenvalue weighted by molar-refractivity contribution is 0.167. The second-order valence-corrected chi connectivity index (χ2v) is 5.23. The van der Waals surface area contributed by atoms with Crippen LogP contribution >= 0.6 is 12.6 Å². The summed E-state index contributed by atoms with van der Waals surface area (Å²) in [5, 5.41) is 8.67. The van der Waals surface area contributed by atoms with Crippen LogP contribution in [0.15, 0.2) is 18.2 Å². The molecule has 96 valence electrons. The number of halogens is 1. The Bertz CT molecular complexity index is 463. The molecular formula is C14H16FNOS. The van der Waals surface area contributed by atoms with E-state index in [1.54, 1.807) is 6.07 Å². The van der Waals surface area contributed by atoms with Gasteiger partial charge in [-0.15, -0.1) is 0 Å². The third-order valence-electron chi connectivity index (χ3n) is 3.59. The maximum Gasteiger partial charge on any atom is 0.166 e. The SMILES string of the molecule is N#Cc1ccc(OCC2(CS)CCCC2)c(F)c1. The smallest absolute Gasteiger partial charge is 0.166 e. The quantitative estimate of drug-likeness (QED) is 0.844. The minimum atomic E-state index is -0.471. The highest BCUT2D eigenvalue weighted by molar-refractivity contribution is 7.80. The average Bonchev–Trinajstić information content (AvgIpc) is 2.86. The van der Waals surface area contributed by atoms with Gasteiger partial charge in [-0.05, 0) is 36.8 Å². The van der Waals surface area contributed by atoms with Gasteiger partial charge in [0, 0.05) is 5.41 Å². The van der Waals surface area contributed by atoms with E-state index in [2.05, 4.69) is 12.6 Å². The molecule has 0 N–H and O–H groups in total. The fourth-order valence-corrected chi connectivity index (χ4v) is 2.80. The van der Waals surface area contributed by atoms with Gasteiger partial charge in [0.05, 0.1) is 18.2 Å². The molecule has 0 atom stereocenters. The largest absolute Gasteiger partial charge is 0.490 e. The summed E-state index contributed by atoms with van der Waals surface area (Å²) < 4.78 is 19.2. The molecule has 0 aliphatic heterocycles. The minimum absolute atomic E-state index is 0.0868. The van der Waals surface area contributed by atoms with Crippen molar-refractivity contribution in [3.8, 4) is 11.8 Å². The number of hydrogen-bond donors (Lipinski definition) is 1. The molecule has 18 heavy (non-hydrogen) atoms. The van der Waals surface area contributed by atoms with Crippen molar-refractivity contribution in [1.82, 2.24) is 0 Å². The Morgan fingerprint density at radius 2 is 2.11 bits per heavy atom. The Hall–Kier alpha value is -1.21. The maximum absolute atomic E-state index is 13.6. The second-order valence-electron chi connectivity index (χ2n) is 4.91. The molecule has 1 fully saturated rings. The monoisotopic (exact) mass is 265 g/mol. The van der Waals surface area contributed by atoms with Gasteiger partial charge < -0.3 is 4.74 Å². The van der Waals surface area contributed by atoms with Gasteiger partial charge in [-0.1, -0.05) is 12.8 Å². The van der Waals surface area contributed by atoms with Crippen molar-refractivity contribution in [3.63, 3.8) is 0 Å². The average molecular weight is 265 g/mol. The van der Waals surface area contributed by atoms with Crippen molar-refractivity contribution in [2.75, 3.05) is 12.4 Å². The van der Waals surface area contributed by atoms with Crippen LogP contribution in [0.3, 0.4) is 0 Å². The molecule has 0 spiro atoms. The number of rotatable bonds is 4. The lowest BCUT2D eigenvalue weighted by atomic mass is 9.90. The van der Waals surface area contributed by atoms with Crippen LogP contribution in [0.1, 0.15) is 31.2 Å². The summed E-state index contributed by atoms with van der Waals surface area (Å²) in [6, 6.07) is 6.20. The number of thiol groups is 1. The maximum atomic E-state index is 13.6. The van der Waals surface area contributed by atoms with Crippen LogP contribution in [0, 0.1) is 22.6 Å². The van der Waals surface area contributed by atoms with Gasteiger partial charge in [-0.2, -0.15) is 17.9 Å². The fourth-order valence-electron chi connectivity index (χ4n) is 2.39. The molecule has 0 aromatic heterocycles. The first kappa shape index (κ1) is 13.2. The third kappa shape index (κ3) is 2.78. The second kappa shape index (κ2) is 5.62. The van der Waals surface area contributed by atoms with Crippen LogP contribution in [-0.2, 0) is 0 Å². The van der Waals surface area contributed by atoms with E-state index in [-0.39, 0.29) is 11.2 Å². The molecular weight excluding hydrogens is 249 g/mol. The minimum Gasteiger partial charge on any atom is -0.490 e. The molecule has 0 unspecified atom stereocenters. The van der Waals surface area contributed by atoms with Crippen molar-refractivity contribution < 1.29 is 9.13 Å². The van der Waals surface area contributed by atoms with Gasteiger partial charge >= 0.3 is 0 Å². The zero-order chi connectivity index (χ0) is 13.0. The van der Waals surface area contributed by atoms with Crippen molar-refractivity contribution in [2.45, 2.75) is 25.7 Å². The van der Waals surface area contributed by atoms with E-state index >= 15 is 0 Å². The Kier molecular flexibility index (Phi) is 4.13. The molecule has 2 rings (SSSR count). The Balaban J connectivity index is 2.04. The topological polar surface area (TPSA) is 33.0 Å². The van der Waals surface area contributed by atoms with Crippen molar-refractivity contribution in [3.05, 3.63) is 29.6 Å². The van der Waals surface area contributed by atoms with Gasteiger partial charge in [0.25, 0.3) is 0 Å². The van der Waals surface area contributed by atoms with Gasteiger partial charge in [0.1, 0.15) is 0 Å². The summed E-state index contributed by atoms with van der Waals surface area (Å²) in [7, 11) is 0. The molecule has 0 radical (unpaired) electrons. The zero-order valence-electron chi connectivity index (χ0n) is 10.2. The van der Waals surface area contributed by atoms with Gasteiger partial charge in [0.15, 0.2) is 11.6 Å². The van der Waals surface area contributed by atoms with E-state index in [9.17, 15) is 4.39 Å². The van der Waals surface area contributed by atoms with Crippen LogP contribution in [0.5, 0.6) is 5.75 Å². The predicted molar refractivity (Wildman–Crippen MR) is 71.4 cm³/mol. The number of nitrogens with zero attached hydrogens (tertiary/aromatic N) is 1. The first-order chi connectivity index (χ1) is 8.69. The number of hydrogen-bond acceptors (Lipinski definition) is 3. The number of benzene rings is 1. The first-order valence-corrected chi connectivity index (χ1v) is 6.76. The van der Waals surface area contributed by atoms with Crippen molar-refractivity contribution >= 4 is 12.6 Å². The van der Waals surface area contributed by atoms with Crippen molar-refractivity contribution in [2.24, 2.45) is 5.41 Å². The normalized spacial score (nSPS) is 17.4. The highest BCUT2D eigenvalue weighted by Crippen LogP contribution is 2.39. The summed E-state index contributed by atoms with van der Waals surface area (Å²) in [6.07, 6.45) is 4.57.